The van der Waals surface area contributed by atoms with Crippen LogP contribution in [0.2, 0.25) is 0 Å². The van der Waals surface area contributed by atoms with E-state index in [2.05, 4.69) is 14.9 Å². The van der Waals surface area contributed by atoms with Gasteiger partial charge in [0.25, 0.3) is 11.1 Å². The van der Waals surface area contributed by atoms with Gasteiger partial charge in [0.2, 0.25) is 5.75 Å². The van der Waals surface area contributed by atoms with Crippen LogP contribution in [0.15, 0.2) is 40.2 Å². The Labute approximate surface area is 271 Å². The lowest BCUT2D eigenvalue weighted by molar-refractivity contribution is 0.0211. The standard InChI is InChI=1S/C34H40FN7O5/c1-7-24-29(25(8-2)38-18-37-24)42-27-21(16-19(3)41(31(27)43)28-22(35)10-9-11-23(28)36)26-30(32(42)44)46-15-12-20-17-39(13-14-40(20)26)33(45)47-34(4,5)6/h9-11,16,18,20H,7-8,12-15,17,36H2,1-6H3/t20-/m0/s1. The van der Waals surface area contributed by atoms with Gasteiger partial charge in [0.05, 0.1) is 41.1 Å². The predicted octanol–water partition coefficient (Wildman–Crippen LogP) is 4.29. The summed E-state index contributed by atoms with van der Waals surface area (Å²) in [6, 6.07) is 5.78. The van der Waals surface area contributed by atoms with E-state index in [1.165, 1.54) is 33.7 Å². The van der Waals surface area contributed by atoms with E-state index in [0.29, 0.717) is 72.7 Å². The Hall–Kier alpha value is -4.94. The number of nitrogens with zero attached hydrogens (tertiary/aromatic N) is 6. The number of carbonyl (C=O) groups is 1. The molecule has 5 heterocycles. The first-order valence-electron chi connectivity index (χ1n) is 16.0. The molecule has 0 aliphatic carbocycles. The van der Waals surface area contributed by atoms with E-state index in [1.807, 2.05) is 34.6 Å². The van der Waals surface area contributed by atoms with Crippen LogP contribution in [0.4, 0.5) is 20.6 Å². The van der Waals surface area contributed by atoms with Crippen LogP contribution in [0.1, 0.15) is 58.1 Å². The molecule has 2 N–H and O–H groups in total. The number of nitrogen functional groups attached to an aromatic ring is 1. The normalized spacial score (nSPS) is 16.4. The lowest BCUT2D eigenvalue weighted by atomic mass is 10.0. The quantitative estimate of drug-likeness (QED) is 0.322. The molecule has 0 radical (unpaired) electrons. The number of nitrogens with two attached hydrogens (primary N) is 1. The number of halogens is 1. The minimum Gasteiger partial charge on any atom is -0.486 e. The molecule has 0 saturated carbocycles. The number of rotatable bonds is 4. The van der Waals surface area contributed by atoms with Gasteiger partial charge in [-0.3, -0.25) is 18.7 Å². The highest BCUT2D eigenvalue weighted by molar-refractivity contribution is 5.97. The van der Waals surface area contributed by atoms with E-state index in [0.717, 1.165) is 0 Å². The number of piperazine rings is 1. The minimum atomic E-state index is -0.675. The smallest absolute Gasteiger partial charge is 0.410 e. The zero-order valence-corrected chi connectivity index (χ0v) is 27.6. The lowest BCUT2D eigenvalue weighted by Gasteiger charge is -2.42. The molecule has 0 bridgehead atoms. The summed E-state index contributed by atoms with van der Waals surface area (Å²) in [7, 11) is 0. The summed E-state index contributed by atoms with van der Waals surface area (Å²) in [6.45, 7) is 12.3. The van der Waals surface area contributed by atoms with Crippen molar-refractivity contribution >= 4 is 28.4 Å². The highest BCUT2D eigenvalue weighted by atomic mass is 19.1. The van der Waals surface area contributed by atoms with Crippen molar-refractivity contribution in [3.05, 3.63) is 74.2 Å². The lowest BCUT2D eigenvalue weighted by Crippen LogP contribution is -2.55. The summed E-state index contributed by atoms with van der Waals surface area (Å²) in [5.41, 5.74) is 6.87. The predicted molar refractivity (Wildman–Crippen MR) is 178 cm³/mol. The van der Waals surface area contributed by atoms with Crippen molar-refractivity contribution in [2.45, 2.75) is 72.4 Å². The van der Waals surface area contributed by atoms with Crippen LogP contribution in [0, 0.1) is 12.7 Å². The van der Waals surface area contributed by atoms with Crippen LogP contribution >= 0.6 is 0 Å². The Morgan fingerprint density at radius 3 is 2.38 bits per heavy atom. The van der Waals surface area contributed by atoms with Crippen LogP contribution in [-0.4, -0.2) is 68.0 Å². The van der Waals surface area contributed by atoms with E-state index in [1.54, 1.807) is 17.9 Å². The summed E-state index contributed by atoms with van der Waals surface area (Å²) in [5, 5.41) is 0.457. The maximum absolute atomic E-state index is 15.4. The van der Waals surface area contributed by atoms with Crippen LogP contribution < -0.4 is 26.5 Å². The Morgan fingerprint density at radius 2 is 1.74 bits per heavy atom. The van der Waals surface area contributed by atoms with Gasteiger partial charge < -0.3 is 25.0 Å². The summed E-state index contributed by atoms with van der Waals surface area (Å²) >= 11 is 0. The number of pyridine rings is 2. The fourth-order valence-corrected chi connectivity index (χ4v) is 6.64. The molecule has 13 heteroatoms. The Bertz CT molecular complexity index is 1970. The van der Waals surface area contributed by atoms with Gasteiger partial charge in [-0.2, -0.15) is 0 Å². The summed E-state index contributed by atoms with van der Waals surface area (Å²) in [5.74, 6) is -0.577. The fourth-order valence-electron chi connectivity index (χ4n) is 6.64. The topological polar surface area (TPSA) is 138 Å². The number of aromatic nitrogens is 4. The first-order chi connectivity index (χ1) is 22.4. The highest BCUT2D eigenvalue weighted by Gasteiger charge is 2.38. The second kappa shape index (κ2) is 12.0. The minimum absolute atomic E-state index is 0.0278. The van der Waals surface area contributed by atoms with E-state index in [-0.39, 0.29) is 35.3 Å². The van der Waals surface area contributed by atoms with Crippen LogP contribution in [0.5, 0.6) is 5.75 Å². The monoisotopic (exact) mass is 645 g/mol. The van der Waals surface area contributed by atoms with Gasteiger partial charge >= 0.3 is 6.09 Å². The van der Waals surface area contributed by atoms with Gasteiger partial charge in [0.1, 0.15) is 28.9 Å². The van der Waals surface area contributed by atoms with Crippen LogP contribution in [0.3, 0.4) is 0 Å². The Morgan fingerprint density at radius 1 is 1.04 bits per heavy atom. The fraction of sp³-hybridized carbons (Fsp3) is 0.441. The largest absolute Gasteiger partial charge is 0.486 e. The summed E-state index contributed by atoms with van der Waals surface area (Å²) in [6.07, 6.45) is 2.49. The third-order valence-electron chi connectivity index (χ3n) is 8.69. The van der Waals surface area contributed by atoms with Gasteiger partial charge in [0, 0.05) is 37.1 Å². The van der Waals surface area contributed by atoms with Crippen molar-refractivity contribution in [1.82, 2.24) is 24.0 Å². The molecule has 2 aliphatic rings. The number of ether oxygens (including phenoxy) is 2. The molecule has 1 saturated heterocycles. The molecule has 1 aromatic carbocycles. The molecule has 2 aliphatic heterocycles. The number of hydrogen-bond acceptors (Lipinski definition) is 9. The molecule has 0 unspecified atom stereocenters. The molecule has 6 rings (SSSR count). The molecule has 0 spiro atoms. The number of benzene rings is 1. The van der Waals surface area contributed by atoms with Crippen molar-refractivity contribution in [3.8, 4) is 17.1 Å². The molecule has 12 nitrogen and oxygen atoms in total. The number of amides is 1. The van der Waals surface area contributed by atoms with Gasteiger partial charge in [-0.1, -0.05) is 19.9 Å². The summed E-state index contributed by atoms with van der Waals surface area (Å²) < 4.78 is 29.9. The number of para-hydroxylation sites is 1. The molecule has 1 amide bonds. The first-order valence-corrected chi connectivity index (χ1v) is 16.0. The highest BCUT2D eigenvalue weighted by Crippen LogP contribution is 2.40. The number of fused-ring (bicyclic) bond motifs is 5. The molecule has 4 aromatic rings. The SMILES string of the molecule is CCc1ncnc(CC)c1-n1c(=O)c2c(c3cc(C)n(-c4c(N)cccc4F)c(=O)c31)N1CCN(C(=O)OC(C)(C)C)C[C@@H]1CCO2. The Kier molecular flexibility index (Phi) is 8.18. The molecule has 248 valence electrons. The number of carbonyl (C=O) groups excluding carboxylic acids is 1. The van der Waals surface area contributed by atoms with Crippen molar-refractivity contribution < 1.29 is 18.7 Å². The second-order valence-corrected chi connectivity index (χ2v) is 12.9. The van der Waals surface area contributed by atoms with E-state index in [9.17, 15) is 14.4 Å². The second-order valence-electron chi connectivity index (χ2n) is 12.9. The van der Waals surface area contributed by atoms with E-state index >= 15 is 4.39 Å². The summed E-state index contributed by atoms with van der Waals surface area (Å²) in [4.78, 5) is 55.3. The van der Waals surface area contributed by atoms with E-state index in [4.69, 9.17) is 15.2 Å². The maximum atomic E-state index is 15.4. The molecule has 1 fully saturated rings. The number of aryl methyl sites for hydroxylation is 3. The molecule has 1 atom stereocenters. The number of anilines is 2. The van der Waals surface area contributed by atoms with Crippen molar-refractivity contribution in [3.63, 3.8) is 0 Å². The zero-order valence-electron chi connectivity index (χ0n) is 27.6. The van der Waals surface area contributed by atoms with Gasteiger partial charge in [-0.05, 0) is 58.7 Å². The zero-order chi connectivity index (χ0) is 33.8. The molecular formula is C34H40FN7O5. The van der Waals surface area contributed by atoms with Crippen LogP contribution in [-0.2, 0) is 17.6 Å². The Balaban J connectivity index is 1.67. The molecule has 3 aromatic heterocycles. The third-order valence-corrected chi connectivity index (χ3v) is 8.69. The van der Waals surface area contributed by atoms with Gasteiger partial charge in [-0.15, -0.1) is 0 Å². The van der Waals surface area contributed by atoms with E-state index < -0.39 is 28.6 Å². The average Bonchev–Trinajstić information content (AvgIpc) is 3.21. The van der Waals surface area contributed by atoms with Gasteiger partial charge in [0.15, 0.2) is 0 Å². The van der Waals surface area contributed by atoms with Crippen LogP contribution in [0.25, 0.3) is 22.3 Å². The van der Waals surface area contributed by atoms with Crippen molar-refractivity contribution in [2.24, 2.45) is 0 Å². The maximum Gasteiger partial charge on any atom is 0.410 e. The van der Waals surface area contributed by atoms with Crippen molar-refractivity contribution in [1.29, 1.82) is 0 Å². The average molecular weight is 646 g/mol. The van der Waals surface area contributed by atoms with Gasteiger partial charge in [-0.25, -0.2) is 19.2 Å². The first kappa shape index (κ1) is 32.0. The molecule has 47 heavy (non-hydrogen) atoms. The van der Waals surface area contributed by atoms with Crippen molar-refractivity contribution in [2.75, 3.05) is 36.9 Å². The number of hydrogen-bond donors (Lipinski definition) is 1. The third kappa shape index (κ3) is 5.47. The molecular weight excluding hydrogens is 605 g/mol.